The Hall–Kier alpha value is -3.33. The zero-order chi connectivity index (χ0) is 19.9. The number of hydrogen-bond donors (Lipinski definition) is 1. The Morgan fingerprint density at radius 1 is 1.14 bits per heavy atom. The predicted octanol–water partition coefficient (Wildman–Crippen LogP) is 2.06. The lowest BCUT2D eigenvalue weighted by atomic mass is 10.2. The fourth-order valence-electron chi connectivity index (χ4n) is 2.35. The molecule has 28 heavy (non-hydrogen) atoms. The Balaban J connectivity index is 1.51. The number of ether oxygens (including phenoxy) is 1. The van der Waals surface area contributed by atoms with Crippen molar-refractivity contribution in [2.75, 3.05) is 6.61 Å². The van der Waals surface area contributed by atoms with Crippen molar-refractivity contribution in [1.29, 1.82) is 0 Å². The molecule has 0 atom stereocenters. The van der Waals surface area contributed by atoms with Crippen molar-refractivity contribution < 1.29 is 19.1 Å². The molecule has 9 heteroatoms. The highest BCUT2D eigenvalue weighted by atomic mass is 32.1. The van der Waals surface area contributed by atoms with E-state index in [1.807, 2.05) is 30.3 Å². The molecule has 8 nitrogen and oxygen atoms in total. The van der Waals surface area contributed by atoms with Crippen molar-refractivity contribution in [2.24, 2.45) is 0 Å². The summed E-state index contributed by atoms with van der Waals surface area (Å²) < 4.78 is 6.58. The molecule has 2 heterocycles. The van der Waals surface area contributed by atoms with Crippen molar-refractivity contribution in [3.8, 4) is 0 Å². The van der Waals surface area contributed by atoms with Crippen LogP contribution in [0.3, 0.4) is 0 Å². The van der Waals surface area contributed by atoms with Gasteiger partial charge in [-0.2, -0.15) is 0 Å². The molecule has 1 N–H and O–H groups in total. The Bertz CT molecular complexity index is 981. The number of nitrogens with one attached hydrogen (secondary N) is 1. The van der Waals surface area contributed by atoms with Gasteiger partial charge in [0.1, 0.15) is 0 Å². The summed E-state index contributed by atoms with van der Waals surface area (Å²) in [6.45, 7) is 1.88. The number of rotatable bonds is 8. The maximum absolute atomic E-state index is 12.2. The number of carbonyl (C=O) groups excluding carboxylic acids is 3. The van der Waals surface area contributed by atoms with Gasteiger partial charge in [-0.1, -0.05) is 35.5 Å². The molecule has 3 rings (SSSR count). The lowest BCUT2D eigenvalue weighted by molar-refractivity contribution is -0.119. The number of esters is 1. The van der Waals surface area contributed by atoms with E-state index in [-0.39, 0.29) is 24.0 Å². The largest absolute Gasteiger partial charge is 0.452 e. The van der Waals surface area contributed by atoms with Crippen LogP contribution in [0, 0.1) is 0 Å². The van der Waals surface area contributed by atoms with Gasteiger partial charge in [0.15, 0.2) is 12.3 Å². The van der Waals surface area contributed by atoms with Gasteiger partial charge in [0.25, 0.3) is 0 Å². The summed E-state index contributed by atoms with van der Waals surface area (Å²) >= 11 is 1.25. The van der Waals surface area contributed by atoms with Gasteiger partial charge in [0, 0.05) is 11.8 Å². The van der Waals surface area contributed by atoms with Crippen molar-refractivity contribution in [1.82, 2.24) is 20.3 Å². The summed E-state index contributed by atoms with van der Waals surface area (Å²) in [5, 5.41) is 10.4. The third kappa shape index (κ3) is 5.34. The van der Waals surface area contributed by atoms with Crippen LogP contribution in [0.1, 0.15) is 37.5 Å². The maximum Gasteiger partial charge on any atom is 0.360 e. The fourth-order valence-corrected chi connectivity index (χ4v) is 3.22. The number of Topliss-reactive ketones (excluding diaryl/α,β-unsaturated/α-hetero) is 1. The molecule has 144 valence electrons. The summed E-state index contributed by atoms with van der Waals surface area (Å²) in [4.78, 5) is 36.5. The molecule has 0 spiro atoms. The molecular weight excluding hydrogens is 380 g/mol. The summed E-state index contributed by atoms with van der Waals surface area (Å²) in [7, 11) is 0. The second-order valence-electron chi connectivity index (χ2n) is 5.96. The fraction of sp³-hybridized carbons (Fsp3) is 0.211. The Morgan fingerprint density at radius 2 is 1.93 bits per heavy atom. The molecular formula is C19H18N4O4S. The molecule has 0 fully saturated rings. The Morgan fingerprint density at radius 3 is 2.68 bits per heavy atom. The van der Waals surface area contributed by atoms with E-state index in [2.05, 4.69) is 15.6 Å². The van der Waals surface area contributed by atoms with Gasteiger partial charge in [-0.15, -0.1) is 16.4 Å². The normalized spacial score (nSPS) is 10.5. The molecule has 3 aromatic rings. The van der Waals surface area contributed by atoms with E-state index < -0.39 is 5.97 Å². The van der Waals surface area contributed by atoms with E-state index in [0.29, 0.717) is 18.0 Å². The minimum atomic E-state index is -0.706. The number of ketones is 1. The van der Waals surface area contributed by atoms with Gasteiger partial charge in [-0.3, -0.25) is 9.59 Å². The number of benzene rings is 1. The van der Waals surface area contributed by atoms with Crippen LogP contribution in [0.4, 0.5) is 0 Å². The molecule has 0 saturated heterocycles. The summed E-state index contributed by atoms with van der Waals surface area (Å²) in [6, 6.07) is 13.0. The third-order valence-corrected chi connectivity index (χ3v) is 4.84. The second kappa shape index (κ2) is 9.05. The minimum absolute atomic E-state index is 0.0428. The van der Waals surface area contributed by atoms with E-state index in [1.54, 1.807) is 12.1 Å². The maximum atomic E-state index is 12.2. The van der Waals surface area contributed by atoms with E-state index in [4.69, 9.17) is 4.74 Å². The molecule has 2 aromatic heterocycles. The molecule has 0 unspecified atom stereocenters. The average molecular weight is 398 g/mol. The van der Waals surface area contributed by atoms with E-state index in [1.165, 1.54) is 29.1 Å². The highest BCUT2D eigenvalue weighted by Gasteiger charge is 2.16. The predicted molar refractivity (Wildman–Crippen MR) is 102 cm³/mol. The lowest BCUT2D eigenvalue weighted by Crippen LogP contribution is -2.18. The van der Waals surface area contributed by atoms with Gasteiger partial charge in [-0.25, -0.2) is 9.48 Å². The molecule has 0 aliphatic heterocycles. The van der Waals surface area contributed by atoms with Gasteiger partial charge < -0.3 is 10.1 Å². The molecule has 0 radical (unpaired) electrons. The quantitative estimate of drug-likeness (QED) is 0.460. The van der Waals surface area contributed by atoms with Gasteiger partial charge in [0.2, 0.25) is 11.7 Å². The van der Waals surface area contributed by atoms with Crippen LogP contribution in [-0.2, 0) is 22.6 Å². The number of nitrogens with zero attached hydrogens (tertiary/aromatic N) is 3. The van der Waals surface area contributed by atoms with Gasteiger partial charge >= 0.3 is 5.97 Å². The van der Waals surface area contributed by atoms with Crippen LogP contribution in [0.5, 0.6) is 0 Å². The van der Waals surface area contributed by atoms with E-state index in [0.717, 1.165) is 10.4 Å². The van der Waals surface area contributed by atoms with E-state index in [9.17, 15) is 14.4 Å². The molecule has 0 saturated carbocycles. The highest BCUT2D eigenvalue weighted by molar-refractivity contribution is 7.14. The van der Waals surface area contributed by atoms with Crippen LogP contribution in [-0.4, -0.2) is 39.3 Å². The molecule has 0 aliphatic carbocycles. The SMILES string of the molecule is CC(=O)NCc1ccc(C(=O)COC(=O)c2cn(Cc3ccccc3)nn2)s1. The number of aromatic nitrogens is 3. The van der Waals surface area contributed by atoms with Crippen molar-refractivity contribution >= 4 is 29.0 Å². The molecule has 0 bridgehead atoms. The summed E-state index contributed by atoms with van der Waals surface area (Å²) in [5.74, 6) is -1.16. The summed E-state index contributed by atoms with van der Waals surface area (Å²) in [6.07, 6.45) is 1.48. The van der Waals surface area contributed by atoms with Crippen molar-refractivity contribution in [3.05, 3.63) is 69.7 Å². The zero-order valence-corrected chi connectivity index (χ0v) is 15.9. The smallest absolute Gasteiger partial charge is 0.360 e. The minimum Gasteiger partial charge on any atom is -0.452 e. The van der Waals surface area contributed by atoms with Crippen molar-refractivity contribution in [2.45, 2.75) is 20.0 Å². The average Bonchev–Trinajstić information content (AvgIpc) is 3.35. The van der Waals surface area contributed by atoms with Crippen LogP contribution >= 0.6 is 11.3 Å². The number of thiophene rings is 1. The monoisotopic (exact) mass is 398 g/mol. The first-order valence-electron chi connectivity index (χ1n) is 8.49. The third-order valence-electron chi connectivity index (χ3n) is 3.72. The van der Waals surface area contributed by atoms with Crippen molar-refractivity contribution in [3.63, 3.8) is 0 Å². The van der Waals surface area contributed by atoms with Crippen LogP contribution in [0.15, 0.2) is 48.7 Å². The number of hydrogen-bond acceptors (Lipinski definition) is 7. The first-order chi connectivity index (χ1) is 13.5. The first-order valence-corrected chi connectivity index (χ1v) is 9.30. The van der Waals surface area contributed by atoms with Gasteiger partial charge in [0.05, 0.1) is 24.2 Å². The standard InChI is InChI=1S/C19H18N4O4S/c1-13(24)20-9-15-7-8-18(28-15)17(25)12-27-19(26)16-11-23(22-21-16)10-14-5-3-2-4-6-14/h2-8,11H,9-10,12H2,1H3,(H,20,24). The summed E-state index contributed by atoms with van der Waals surface area (Å²) in [5.41, 5.74) is 1.07. The molecule has 0 aliphatic rings. The van der Waals surface area contributed by atoms with E-state index >= 15 is 0 Å². The first kappa shape index (κ1) is 19.4. The van der Waals surface area contributed by atoms with Crippen LogP contribution < -0.4 is 5.32 Å². The van der Waals surface area contributed by atoms with Gasteiger partial charge in [-0.05, 0) is 17.7 Å². The van der Waals surface area contributed by atoms with Crippen LogP contribution in [0.2, 0.25) is 0 Å². The molecule has 1 amide bonds. The second-order valence-corrected chi connectivity index (χ2v) is 7.13. The number of carbonyl (C=O) groups is 3. The Labute approximate surface area is 165 Å². The topological polar surface area (TPSA) is 103 Å². The Kier molecular flexibility index (Phi) is 6.28. The lowest BCUT2D eigenvalue weighted by Gasteiger charge is -2.01. The zero-order valence-electron chi connectivity index (χ0n) is 15.1. The highest BCUT2D eigenvalue weighted by Crippen LogP contribution is 2.17. The van der Waals surface area contributed by atoms with Crippen LogP contribution in [0.25, 0.3) is 0 Å². The number of amides is 1. The molecule has 1 aromatic carbocycles.